The van der Waals surface area contributed by atoms with Gasteiger partial charge in [0.1, 0.15) is 0 Å². The van der Waals surface area contributed by atoms with E-state index in [1.807, 2.05) is 0 Å². The van der Waals surface area contributed by atoms with Crippen LogP contribution in [0.5, 0.6) is 11.5 Å². The number of nitrogens with two attached hydrogens (primary N) is 2. The van der Waals surface area contributed by atoms with Crippen LogP contribution in [0.25, 0.3) is 5.82 Å². The summed E-state index contributed by atoms with van der Waals surface area (Å²) in [7, 11) is 1.45. The summed E-state index contributed by atoms with van der Waals surface area (Å²) in [5.41, 5.74) is 14.7. The van der Waals surface area contributed by atoms with Crippen molar-refractivity contribution in [2.45, 2.75) is 13.8 Å². The van der Waals surface area contributed by atoms with E-state index in [2.05, 4.69) is 35.8 Å². The maximum atomic E-state index is 12.7. The number of methoxy groups -OCH3 is 1. The van der Waals surface area contributed by atoms with Gasteiger partial charge in [-0.15, -0.1) is 5.10 Å². The third kappa shape index (κ3) is 4.58. The Morgan fingerprint density at radius 2 is 2.06 bits per heavy atom. The van der Waals surface area contributed by atoms with Crippen molar-refractivity contribution >= 4 is 23.3 Å². The van der Waals surface area contributed by atoms with Crippen molar-refractivity contribution in [1.82, 2.24) is 30.7 Å². The molecule has 1 aromatic carbocycles. The summed E-state index contributed by atoms with van der Waals surface area (Å²) in [5, 5.41) is 18.9. The standard InChI is InChI=1S/C17H19N9O5/c1-8(10-4-5-11(12(6-10)29-3)30-7-13(18)27)20-22-17(28)14-9(2)21-25-26(14)16-15(19)23-31-24-16/h4-6H,7H2,1-3H3,(H2,18,27)(H2,19,23)(H,22,28)/b20-8+. The number of hydrogen-bond acceptors (Lipinski definition) is 11. The minimum Gasteiger partial charge on any atom is -0.493 e. The number of rotatable bonds is 8. The summed E-state index contributed by atoms with van der Waals surface area (Å²) < 4.78 is 16.2. The van der Waals surface area contributed by atoms with Crippen LogP contribution in [0, 0.1) is 6.92 Å². The van der Waals surface area contributed by atoms with Crippen LogP contribution in [-0.2, 0) is 4.79 Å². The largest absolute Gasteiger partial charge is 0.493 e. The Morgan fingerprint density at radius 3 is 2.71 bits per heavy atom. The van der Waals surface area contributed by atoms with E-state index in [1.165, 1.54) is 7.11 Å². The Balaban J connectivity index is 1.80. The summed E-state index contributed by atoms with van der Waals surface area (Å²) in [6.07, 6.45) is 0. The number of nitrogen functional groups attached to an aromatic ring is 1. The van der Waals surface area contributed by atoms with Crippen LogP contribution in [0.1, 0.15) is 28.7 Å². The van der Waals surface area contributed by atoms with E-state index in [9.17, 15) is 9.59 Å². The Kier molecular flexibility index (Phi) is 6.09. The Bertz CT molecular complexity index is 1150. The molecule has 0 radical (unpaired) electrons. The smallest absolute Gasteiger partial charge is 0.292 e. The minimum atomic E-state index is -0.612. The van der Waals surface area contributed by atoms with E-state index in [1.54, 1.807) is 32.0 Å². The highest BCUT2D eigenvalue weighted by Crippen LogP contribution is 2.28. The zero-order valence-corrected chi connectivity index (χ0v) is 16.8. The zero-order chi connectivity index (χ0) is 22.5. The quantitative estimate of drug-likeness (QED) is 0.312. The zero-order valence-electron chi connectivity index (χ0n) is 16.8. The number of benzene rings is 1. The van der Waals surface area contributed by atoms with Crippen molar-refractivity contribution in [3.05, 3.63) is 35.2 Å². The van der Waals surface area contributed by atoms with Gasteiger partial charge in [-0.25, -0.2) is 10.1 Å². The Hall–Kier alpha value is -4.49. The number of carbonyl (C=O) groups is 2. The first-order valence-corrected chi connectivity index (χ1v) is 8.76. The van der Waals surface area contributed by atoms with Gasteiger partial charge in [-0.2, -0.15) is 9.78 Å². The van der Waals surface area contributed by atoms with Gasteiger partial charge >= 0.3 is 0 Å². The molecule has 3 rings (SSSR count). The lowest BCUT2D eigenvalue weighted by atomic mass is 10.1. The van der Waals surface area contributed by atoms with Crippen molar-refractivity contribution in [3.63, 3.8) is 0 Å². The fraction of sp³-hybridized carbons (Fsp3) is 0.235. The molecule has 0 aliphatic carbocycles. The van der Waals surface area contributed by atoms with E-state index in [4.69, 9.17) is 20.9 Å². The van der Waals surface area contributed by atoms with Crippen molar-refractivity contribution in [2.24, 2.45) is 10.8 Å². The summed E-state index contributed by atoms with van der Waals surface area (Å²) >= 11 is 0. The molecule has 0 atom stereocenters. The van der Waals surface area contributed by atoms with Gasteiger partial charge in [-0.05, 0) is 42.4 Å². The molecule has 3 aromatic rings. The van der Waals surface area contributed by atoms with E-state index in [0.29, 0.717) is 28.5 Å². The molecular weight excluding hydrogens is 410 g/mol. The molecule has 0 bridgehead atoms. The van der Waals surface area contributed by atoms with Crippen LogP contribution in [0.15, 0.2) is 27.9 Å². The molecule has 0 fully saturated rings. The number of amides is 2. The monoisotopic (exact) mass is 429 g/mol. The fourth-order valence-electron chi connectivity index (χ4n) is 2.52. The lowest BCUT2D eigenvalue weighted by molar-refractivity contribution is -0.119. The summed E-state index contributed by atoms with van der Waals surface area (Å²) in [6.45, 7) is 2.99. The molecule has 14 nitrogen and oxygen atoms in total. The number of anilines is 1. The second-order valence-corrected chi connectivity index (χ2v) is 6.17. The summed E-state index contributed by atoms with van der Waals surface area (Å²) in [5.74, 6) is -0.526. The molecule has 162 valence electrons. The van der Waals surface area contributed by atoms with Crippen LogP contribution in [-0.4, -0.2) is 56.5 Å². The molecule has 0 spiro atoms. The number of hydrazone groups is 1. The van der Waals surface area contributed by atoms with Gasteiger partial charge in [0.25, 0.3) is 11.8 Å². The highest BCUT2D eigenvalue weighted by molar-refractivity contribution is 6.01. The third-order valence-electron chi connectivity index (χ3n) is 4.03. The number of aryl methyl sites for hydroxylation is 1. The average Bonchev–Trinajstić information content (AvgIpc) is 3.34. The molecule has 0 saturated carbocycles. The second kappa shape index (κ2) is 8.89. The maximum Gasteiger partial charge on any atom is 0.292 e. The molecule has 2 aromatic heterocycles. The highest BCUT2D eigenvalue weighted by Gasteiger charge is 2.23. The topological polar surface area (TPSA) is 199 Å². The van der Waals surface area contributed by atoms with Crippen LogP contribution >= 0.6 is 0 Å². The van der Waals surface area contributed by atoms with Gasteiger partial charge < -0.3 is 20.9 Å². The van der Waals surface area contributed by atoms with E-state index >= 15 is 0 Å². The predicted octanol–water partition coefficient (Wildman–Crippen LogP) is -0.432. The van der Waals surface area contributed by atoms with Gasteiger partial charge in [0, 0.05) is 5.56 Å². The number of nitrogens with one attached hydrogen (secondary N) is 1. The third-order valence-corrected chi connectivity index (χ3v) is 4.03. The van der Waals surface area contributed by atoms with Crippen LogP contribution in [0.3, 0.4) is 0 Å². The average molecular weight is 429 g/mol. The van der Waals surface area contributed by atoms with Crippen LogP contribution in [0.4, 0.5) is 5.82 Å². The molecule has 2 amide bonds. The lowest BCUT2D eigenvalue weighted by Gasteiger charge is -2.11. The molecule has 0 unspecified atom stereocenters. The van der Waals surface area contributed by atoms with Gasteiger partial charge in [-0.3, -0.25) is 9.59 Å². The van der Waals surface area contributed by atoms with Crippen molar-refractivity contribution in [3.8, 4) is 17.3 Å². The Morgan fingerprint density at radius 1 is 1.29 bits per heavy atom. The number of carbonyl (C=O) groups excluding carboxylic acids is 2. The van der Waals surface area contributed by atoms with Crippen LogP contribution in [0.2, 0.25) is 0 Å². The lowest BCUT2D eigenvalue weighted by Crippen LogP contribution is -2.24. The van der Waals surface area contributed by atoms with Gasteiger partial charge in [0.2, 0.25) is 11.6 Å². The Labute approximate surface area is 175 Å². The van der Waals surface area contributed by atoms with Crippen LogP contribution < -0.4 is 26.4 Å². The van der Waals surface area contributed by atoms with Gasteiger partial charge in [-0.1, -0.05) is 5.21 Å². The van der Waals surface area contributed by atoms with E-state index in [-0.39, 0.29) is 23.9 Å². The van der Waals surface area contributed by atoms with Crippen molar-refractivity contribution in [2.75, 3.05) is 19.5 Å². The van der Waals surface area contributed by atoms with E-state index in [0.717, 1.165) is 4.68 Å². The molecular formula is C17H19N9O5. The first kappa shape index (κ1) is 21.2. The molecule has 2 heterocycles. The maximum absolute atomic E-state index is 12.7. The van der Waals surface area contributed by atoms with Crippen molar-refractivity contribution < 1.29 is 23.7 Å². The summed E-state index contributed by atoms with van der Waals surface area (Å²) in [6, 6.07) is 4.92. The minimum absolute atomic E-state index is 0.0303. The molecule has 0 saturated heterocycles. The predicted molar refractivity (Wildman–Crippen MR) is 106 cm³/mol. The van der Waals surface area contributed by atoms with Gasteiger partial charge in [0.15, 0.2) is 23.8 Å². The molecule has 31 heavy (non-hydrogen) atoms. The number of hydrogen-bond donors (Lipinski definition) is 3. The van der Waals surface area contributed by atoms with E-state index < -0.39 is 11.8 Å². The molecule has 0 aliphatic rings. The molecule has 0 aliphatic heterocycles. The SMILES string of the molecule is COc1cc(/C(C)=N/NC(=O)c2c(C)nnn2-c2nonc2N)ccc1OCC(N)=O. The fourth-order valence-corrected chi connectivity index (χ4v) is 2.52. The molecule has 5 N–H and O–H groups in total. The number of ether oxygens (including phenoxy) is 2. The number of primary amides is 1. The number of aromatic nitrogens is 5. The number of nitrogens with zero attached hydrogens (tertiary/aromatic N) is 6. The first-order valence-electron chi connectivity index (χ1n) is 8.76. The normalized spacial score (nSPS) is 11.3. The second-order valence-electron chi connectivity index (χ2n) is 6.17. The summed E-state index contributed by atoms with van der Waals surface area (Å²) in [4.78, 5) is 23.6. The van der Waals surface area contributed by atoms with Crippen molar-refractivity contribution in [1.29, 1.82) is 0 Å². The molecule has 14 heteroatoms. The van der Waals surface area contributed by atoms with Gasteiger partial charge in [0.05, 0.1) is 18.5 Å². The highest BCUT2D eigenvalue weighted by atomic mass is 16.6. The first-order chi connectivity index (χ1) is 14.8.